The summed E-state index contributed by atoms with van der Waals surface area (Å²) >= 11 is 0. The van der Waals surface area contributed by atoms with Crippen LogP contribution >= 0.6 is 0 Å². The van der Waals surface area contributed by atoms with Crippen molar-refractivity contribution in [2.75, 3.05) is 5.32 Å². The maximum Gasteiger partial charge on any atom is 0.248 e. The Bertz CT molecular complexity index is 620. The van der Waals surface area contributed by atoms with Crippen molar-refractivity contribution >= 4 is 11.6 Å². The van der Waals surface area contributed by atoms with Gasteiger partial charge in [0.1, 0.15) is 0 Å². The highest BCUT2D eigenvalue weighted by molar-refractivity contribution is 5.93. The minimum absolute atomic E-state index is 0.393. The average Bonchev–Trinajstić information content (AvgIpc) is 2.46. The number of carbonyl (C=O) groups is 1. The summed E-state index contributed by atoms with van der Waals surface area (Å²) < 4.78 is 0. The number of aryl methyl sites for hydroxylation is 2. The molecule has 0 saturated heterocycles. The van der Waals surface area contributed by atoms with E-state index < -0.39 is 5.91 Å². The van der Waals surface area contributed by atoms with Crippen LogP contribution in [0.2, 0.25) is 0 Å². The lowest BCUT2D eigenvalue weighted by Gasteiger charge is -2.13. The Kier molecular flexibility index (Phi) is 4.41. The topological polar surface area (TPSA) is 55.1 Å². The van der Waals surface area contributed by atoms with E-state index in [1.54, 1.807) is 6.07 Å². The lowest BCUT2D eigenvalue weighted by Crippen LogP contribution is -2.11. The molecule has 0 aliphatic rings. The van der Waals surface area contributed by atoms with Gasteiger partial charge in [0.15, 0.2) is 0 Å². The van der Waals surface area contributed by atoms with Crippen molar-refractivity contribution < 1.29 is 4.79 Å². The van der Waals surface area contributed by atoms with Gasteiger partial charge in [-0.1, -0.05) is 31.2 Å². The van der Waals surface area contributed by atoms with Gasteiger partial charge < -0.3 is 11.1 Å². The number of amides is 1. The molecule has 104 valence electrons. The Balaban J connectivity index is 2.13. The minimum atomic E-state index is -0.393. The van der Waals surface area contributed by atoms with Crippen LogP contribution in [-0.2, 0) is 13.0 Å². The highest BCUT2D eigenvalue weighted by Gasteiger charge is 2.05. The van der Waals surface area contributed by atoms with Crippen LogP contribution in [0.3, 0.4) is 0 Å². The molecule has 0 aliphatic heterocycles. The Labute approximate surface area is 119 Å². The standard InChI is InChI=1S/C17H20N2O/c1-3-13-6-4-5-7-15(13)11-19-16-9-8-14(17(18)20)10-12(16)2/h4-10,19H,3,11H2,1-2H3,(H2,18,20). The molecule has 3 N–H and O–H groups in total. The molecule has 3 heteroatoms. The van der Waals surface area contributed by atoms with Gasteiger partial charge in [0.25, 0.3) is 0 Å². The number of benzene rings is 2. The van der Waals surface area contributed by atoms with Crippen molar-refractivity contribution in [3.05, 3.63) is 64.7 Å². The molecule has 0 spiro atoms. The van der Waals surface area contributed by atoms with Crippen molar-refractivity contribution in [3.8, 4) is 0 Å². The Hall–Kier alpha value is -2.29. The molecule has 2 aromatic rings. The van der Waals surface area contributed by atoms with E-state index in [0.717, 1.165) is 24.2 Å². The monoisotopic (exact) mass is 268 g/mol. The molecule has 2 aromatic carbocycles. The number of carbonyl (C=O) groups excluding carboxylic acids is 1. The Morgan fingerprint density at radius 3 is 2.45 bits per heavy atom. The molecular weight excluding hydrogens is 248 g/mol. The van der Waals surface area contributed by atoms with Crippen LogP contribution in [0.5, 0.6) is 0 Å². The summed E-state index contributed by atoms with van der Waals surface area (Å²) in [6.45, 7) is 4.91. The van der Waals surface area contributed by atoms with Gasteiger partial charge >= 0.3 is 0 Å². The molecule has 0 bridgehead atoms. The summed E-state index contributed by atoms with van der Waals surface area (Å²) in [5, 5.41) is 3.42. The number of nitrogens with two attached hydrogens (primary N) is 1. The van der Waals surface area contributed by atoms with Gasteiger partial charge in [-0.3, -0.25) is 4.79 Å². The van der Waals surface area contributed by atoms with Crippen LogP contribution in [0.15, 0.2) is 42.5 Å². The number of nitrogens with one attached hydrogen (secondary N) is 1. The highest BCUT2D eigenvalue weighted by Crippen LogP contribution is 2.18. The van der Waals surface area contributed by atoms with E-state index in [1.807, 2.05) is 19.1 Å². The third-order valence-electron chi connectivity index (χ3n) is 3.48. The predicted octanol–water partition coefficient (Wildman–Crippen LogP) is 3.27. The quantitative estimate of drug-likeness (QED) is 0.874. The van der Waals surface area contributed by atoms with Crippen molar-refractivity contribution in [3.63, 3.8) is 0 Å². The van der Waals surface area contributed by atoms with Crippen LogP contribution in [0.25, 0.3) is 0 Å². The van der Waals surface area contributed by atoms with Gasteiger partial charge in [0, 0.05) is 17.8 Å². The molecule has 1 amide bonds. The van der Waals surface area contributed by atoms with E-state index in [9.17, 15) is 4.79 Å². The van der Waals surface area contributed by atoms with E-state index in [1.165, 1.54) is 11.1 Å². The molecule has 0 aliphatic carbocycles. The van der Waals surface area contributed by atoms with E-state index >= 15 is 0 Å². The molecule has 0 aromatic heterocycles. The number of primary amides is 1. The molecule has 0 heterocycles. The molecular formula is C17H20N2O. The summed E-state index contributed by atoms with van der Waals surface area (Å²) in [7, 11) is 0. The fraction of sp³-hybridized carbons (Fsp3) is 0.235. The average molecular weight is 268 g/mol. The van der Waals surface area contributed by atoms with Gasteiger partial charge in [-0.05, 0) is 48.2 Å². The predicted molar refractivity (Wildman–Crippen MR) is 82.8 cm³/mol. The van der Waals surface area contributed by atoms with E-state index in [-0.39, 0.29) is 0 Å². The maximum absolute atomic E-state index is 11.1. The summed E-state index contributed by atoms with van der Waals surface area (Å²) in [5.74, 6) is -0.393. The molecule has 2 rings (SSSR count). The second kappa shape index (κ2) is 6.24. The van der Waals surface area contributed by atoms with Crippen molar-refractivity contribution in [1.82, 2.24) is 0 Å². The first-order valence-electron chi connectivity index (χ1n) is 6.83. The van der Waals surface area contributed by atoms with Gasteiger partial charge in [-0.2, -0.15) is 0 Å². The Morgan fingerprint density at radius 1 is 1.15 bits per heavy atom. The zero-order valence-corrected chi connectivity index (χ0v) is 11.9. The molecule has 0 unspecified atom stereocenters. The molecule has 0 fully saturated rings. The largest absolute Gasteiger partial charge is 0.381 e. The molecule has 20 heavy (non-hydrogen) atoms. The van der Waals surface area contributed by atoms with Gasteiger partial charge in [-0.25, -0.2) is 0 Å². The van der Waals surface area contributed by atoms with Crippen molar-refractivity contribution in [2.45, 2.75) is 26.8 Å². The van der Waals surface area contributed by atoms with Crippen molar-refractivity contribution in [1.29, 1.82) is 0 Å². The van der Waals surface area contributed by atoms with Crippen molar-refractivity contribution in [2.24, 2.45) is 5.73 Å². The Morgan fingerprint density at radius 2 is 1.85 bits per heavy atom. The highest BCUT2D eigenvalue weighted by atomic mass is 16.1. The number of anilines is 1. The van der Waals surface area contributed by atoms with Gasteiger partial charge in [-0.15, -0.1) is 0 Å². The van der Waals surface area contributed by atoms with Crippen LogP contribution in [-0.4, -0.2) is 5.91 Å². The van der Waals surface area contributed by atoms with Gasteiger partial charge in [0.2, 0.25) is 5.91 Å². The molecule has 0 atom stereocenters. The molecule has 3 nitrogen and oxygen atoms in total. The first kappa shape index (κ1) is 14.1. The van der Waals surface area contributed by atoms with Crippen LogP contribution in [0.4, 0.5) is 5.69 Å². The van der Waals surface area contributed by atoms with Crippen LogP contribution in [0, 0.1) is 6.92 Å². The normalized spacial score (nSPS) is 10.3. The third kappa shape index (κ3) is 3.18. The lowest BCUT2D eigenvalue weighted by molar-refractivity contribution is 0.1000. The first-order chi connectivity index (χ1) is 9.61. The zero-order chi connectivity index (χ0) is 14.5. The van der Waals surface area contributed by atoms with Gasteiger partial charge in [0.05, 0.1) is 0 Å². The molecule has 0 radical (unpaired) electrons. The van der Waals surface area contributed by atoms with E-state index in [4.69, 9.17) is 5.73 Å². The minimum Gasteiger partial charge on any atom is -0.381 e. The second-order valence-electron chi connectivity index (χ2n) is 4.87. The fourth-order valence-electron chi connectivity index (χ4n) is 2.28. The van der Waals surface area contributed by atoms with Crippen LogP contribution < -0.4 is 11.1 Å². The summed E-state index contributed by atoms with van der Waals surface area (Å²) in [5.41, 5.74) is 10.5. The SMILES string of the molecule is CCc1ccccc1CNc1ccc(C(N)=O)cc1C. The fourth-order valence-corrected chi connectivity index (χ4v) is 2.28. The smallest absolute Gasteiger partial charge is 0.248 e. The summed E-state index contributed by atoms with van der Waals surface area (Å²) in [4.78, 5) is 11.1. The first-order valence-corrected chi connectivity index (χ1v) is 6.83. The second-order valence-corrected chi connectivity index (χ2v) is 4.87. The zero-order valence-electron chi connectivity index (χ0n) is 11.9. The van der Waals surface area contributed by atoms with E-state index in [0.29, 0.717) is 5.56 Å². The molecule has 0 saturated carbocycles. The third-order valence-corrected chi connectivity index (χ3v) is 3.48. The number of hydrogen-bond donors (Lipinski definition) is 2. The number of hydrogen-bond acceptors (Lipinski definition) is 2. The lowest BCUT2D eigenvalue weighted by atomic mass is 10.0. The van der Waals surface area contributed by atoms with E-state index in [2.05, 4.69) is 36.5 Å². The number of rotatable bonds is 5. The maximum atomic E-state index is 11.1. The van der Waals surface area contributed by atoms with Crippen LogP contribution in [0.1, 0.15) is 34.0 Å². The summed E-state index contributed by atoms with van der Waals surface area (Å²) in [6, 6.07) is 13.9. The summed E-state index contributed by atoms with van der Waals surface area (Å²) in [6.07, 6.45) is 1.03.